The maximum atomic E-state index is 12.2. The molecule has 5 nitrogen and oxygen atoms in total. The Morgan fingerprint density at radius 2 is 2.25 bits per heavy atom. The van der Waals surface area contributed by atoms with E-state index in [1.807, 2.05) is 0 Å². The molecular weight excluding hydrogens is 314 g/mol. The van der Waals surface area contributed by atoms with Gasteiger partial charge in [0.15, 0.2) is 0 Å². The zero-order valence-electron chi connectivity index (χ0n) is 10.7. The quantitative estimate of drug-likeness (QED) is 0.814. The van der Waals surface area contributed by atoms with Crippen LogP contribution in [0.3, 0.4) is 0 Å². The minimum absolute atomic E-state index is 0.224. The van der Waals surface area contributed by atoms with E-state index in [9.17, 15) is 8.42 Å². The first-order valence-electron chi connectivity index (χ1n) is 5.67. The van der Waals surface area contributed by atoms with E-state index in [0.29, 0.717) is 11.1 Å². The highest BCUT2D eigenvalue weighted by Crippen LogP contribution is 2.17. The van der Waals surface area contributed by atoms with E-state index in [1.165, 1.54) is 17.4 Å². The largest absolute Gasteiger partial charge is 0.389 e. The molecule has 106 valence electrons. The predicted molar refractivity (Wildman–Crippen MR) is 83.2 cm³/mol. The Morgan fingerprint density at radius 1 is 1.50 bits per heavy atom. The number of hydrogen-bond donors (Lipinski definition) is 2. The molecule has 8 heteroatoms. The Bertz CT molecular complexity index is 724. The number of thiazole rings is 1. The lowest BCUT2D eigenvalue weighted by Gasteiger charge is -2.09. The summed E-state index contributed by atoms with van der Waals surface area (Å²) < 4.78 is 27.0. The number of thiocarbonyl (C=S) groups is 1. The molecule has 0 saturated carbocycles. The second-order valence-electron chi connectivity index (χ2n) is 4.14. The van der Waals surface area contributed by atoms with Crippen LogP contribution in [0.15, 0.2) is 34.8 Å². The minimum atomic E-state index is -3.56. The Hall–Kier alpha value is -1.35. The van der Waals surface area contributed by atoms with Crippen molar-refractivity contribution in [3.63, 3.8) is 0 Å². The normalized spacial score (nSPS) is 11.4. The van der Waals surface area contributed by atoms with Gasteiger partial charge in [-0.05, 0) is 24.6 Å². The SMILES string of the molecule is Cc1cc(C(N)=S)ccc1S(=O)(=O)NCc1cncs1. The van der Waals surface area contributed by atoms with Crippen LogP contribution < -0.4 is 10.5 Å². The number of aryl methyl sites for hydroxylation is 1. The zero-order chi connectivity index (χ0) is 14.8. The van der Waals surface area contributed by atoms with E-state index in [0.717, 1.165) is 4.88 Å². The third-order valence-electron chi connectivity index (χ3n) is 2.67. The molecule has 2 aromatic rings. The van der Waals surface area contributed by atoms with Crippen molar-refractivity contribution in [3.05, 3.63) is 45.9 Å². The molecule has 0 radical (unpaired) electrons. The van der Waals surface area contributed by atoms with Crippen LogP contribution in [-0.4, -0.2) is 18.4 Å². The predicted octanol–water partition coefficient (Wildman–Crippen LogP) is 1.56. The third kappa shape index (κ3) is 3.40. The van der Waals surface area contributed by atoms with Gasteiger partial charge in [0.1, 0.15) is 4.99 Å². The summed E-state index contributed by atoms with van der Waals surface area (Å²) in [5.74, 6) is 0. The number of rotatable bonds is 5. The third-order valence-corrected chi connectivity index (χ3v) is 5.25. The second-order valence-corrected chi connectivity index (χ2v) is 7.28. The number of nitrogens with zero attached hydrogens (tertiary/aromatic N) is 1. The first kappa shape index (κ1) is 15.0. The van der Waals surface area contributed by atoms with Crippen molar-refractivity contribution < 1.29 is 8.42 Å². The van der Waals surface area contributed by atoms with Crippen LogP contribution in [0.2, 0.25) is 0 Å². The Labute approximate surface area is 126 Å². The van der Waals surface area contributed by atoms with Crippen LogP contribution >= 0.6 is 23.6 Å². The van der Waals surface area contributed by atoms with Gasteiger partial charge in [-0.25, -0.2) is 13.1 Å². The molecule has 1 heterocycles. The van der Waals surface area contributed by atoms with Crippen LogP contribution in [0.25, 0.3) is 0 Å². The van der Waals surface area contributed by atoms with E-state index in [-0.39, 0.29) is 16.4 Å². The molecule has 1 aromatic heterocycles. The average molecular weight is 327 g/mol. The van der Waals surface area contributed by atoms with Gasteiger partial charge in [0.2, 0.25) is 10.0 Å². The number of aromatic nitrogens is 1. The molecule has 1 aromatic carbocycles. The van der Waals surface area contributed by atoms with Crippen molar-refractivity contribution in [2.75, 3.05) is 0 Å². The van der Waals surface area contributed by atoms with Crippen molar-refractivity contribution in [2.24, 2.45) is 5.73 Å². The molecule has 0 bridgehead atoms. The zero-order valence-corrected chi connectivity index (χ0v) is 13.1. The molecule has 3 N–H and O–H groups in total. The Balaban J connectivity index is 2.23. The summed E-state index contributed by atoms with van der Waals surface area (Å²) in [5.41, 5.74) is 8.44. The molecule has 0 spiro atoms. The lowest BCUT2D eigenvalue weighted by atomic mass is 10.1. The Kier molecular flexibility index (Phi) is 4.48. The summed E-state index contributed by atoms with van der Waals surface area (Å²) in [5, 5.41) is 0. The van der Waals surface area contributed by atoms with Gasteiger partial charge in [-0.15, -0.1) is 11.3 Å². The van der Waals surface area contributed by atoms with Crippen molar-refractivity contribution in [3.8, 4) is 0 Å². The molecule has 2 rings (SSSR count). The van der Waals surface area contributed by atoms with Crippen LogP contribution in [0.1, 0.15) is 16.0 Å². The van der Waals surface area contributed by atoms with Gasteiger partial charge in [-0.1, -0.05) is 18.3 Å². The summed E-state index contributed by atoms with van der Waals surface area (Å²) in [4.78, 5) is 5.22. The first-order valence-corrected chi connectivity index (χ1v) is 8.45. The van der Waals surface area contributed by atoms with Crippen molar-refractivity contribution >= 4 is 38.6 Å². The smallest absolute Gasteiger partial charge is 0.241 e. The fraction of sp³-hybridized carbons (Fsp3) is 0.167. The maximum absolute atomic E-state index is 12.2. The molecule has 0 amide bonds. The van der Waals surface area contributed by atoms with Crippen LogP contribution in [-0.2, 0) is 16.6 Å². The van der Waals surface area contributed by atoms with E-state index < -0.39 is 10.0 Å². The molecule has 0 aliphatic rings. The summed E-state index contributed by atoms with van der Waals surface area (Å²) in [6, 6.07) is 4.79. The van der Waals surface area contributed by atoms with Gasteiger partial charge in [0, 0.05) is 23.2 Å². The molecule has 0 unspecified atom stereocenters. The van der Waals surface area contributed by atoms with Crippen molar-refractivity contribution in [1.82, 2.24) is 9.71 Å². The summed E-state index contributed by atoms with van der Waals surface area (Å²) in [7, 11) is -3.56. The average Bonchev–Trinajstić information content (AvgIpc) is 2.89. The van der Waals surface area contributed by atoms with E-state index in [2.05, 4.69) is 9.71 Å². The summed E-state index contributed by atoms with van der Waals surface area (Å²) in [6.45, 7) is 1.94. The van der Waals surface area contributed by atoms with Gasteiger partial charge in [-0.3, -0.25) is 4.98 Å². The monoisotopic (exact) mass is 327 g/mol. The molecule has 0 atom stereocenters. The highest BCUT2D eigenvalue weighted by atomic mass is 32.2. The van der Waals surface area contributed by atoms with Gasteiger partial charge < -0.3 is 5.73 Å². The highest BCUT2D eigenvalue weighted by molar-refractivity contribution is 7.89. The van der Waals surface area contributed by atoms with Gasteiger partial charge in [-0.2, -0.15) is 0 Å². The second kappa shape index (κ2) is 5.96. The van der Waals surface area contributed by atoms with Crippen molar-refractivity contribution in [2.45, 2.75) is 18.4 Å². The topological polar surface area (TPSA) is 85.1 Å². The van der Waals surface area contributed by atoms with Crippen LogP contribution in [0.5, 0.6) is 0 Å². The minimum Gasteiger partial charge on any atom is -0.389 e. The lowest BCUT2D eigenvalue weighted by molar-refractivity contribution is 0.581. The fourth-order valence-corrected chi connectivity index (χ4v) is 3.66. The van der Waals surface area contributed by atoms with Gasteiger partial charge in [0.05, 0.1) is 10.4 Å². The summed E-state index contributed by atoms with van der Waals surface area (Å²) >= 11 is 6.27. The molecule has 0 saturated heterocycles. The van der Waals surface area contributed by atoms with E-state index >= 15 is 0 Å². The van der Waals surface area contributed by atoms with E-state index in [4.69, 9.17) is 18.0 Å². The van der Waals surface area contributed by atoms with Crippen LogP contribution in [0.4, 0.5) is 0 Å². The Morgan fingerprint density at radius 3 is 2.80 bits per heavy atom. The van der Waals surface area contributed by atoms with Gasteiger partial charge >= 0.3 is 0 Å². The number of sulfonamides is 1. The molecule has 0 aliphatic heterocycles. The van der Waals surface area contributed by atoms with Crippen molar-refractivity contribution in [1.29, 1.82) is 0 Å². The molecule has 0 fully saturated rings. The maximum Gasteiger partial charge on any atom is 0.241 e. The number of benzene rings is 1. The lowest BCUT2D eigenvalue weighted by Crippen LogP contribution is -2.24. The standard InChI is InChI=1S/C12H13N3O2S3/c1-8-4-9(12(13)18)2-3-11(8)20(16,17)15-6-10-5-14-7-19-10/h2-5,7,15H,6H2,1H3,(H2,13,18). The molecule has 20 heavy (non-hydrogen) atoms. The molecule has 0 aliphatic carbocycles. The number of nitrogens with one attached hydrogen (secondary N) is 1. The first-order chi connectivity index (χ1) is 9.40. The number of nitrogens with two attached hydrogens (primary N) is 1. The highest BCUT2D eigenvalue weighted by Gasteiger charge is 2.17. The van der Waals surface area contributed by atoms with Crippen LogP contribution in [0, 0.1) is 6.92 Å². The van der Waals surface area contributed by atoms with E-state index in [1.54, 1.807) is 30.8 Å². The summed E-state index contributed by atoms with van der Waals surface area (Å²) in [6.07, 6.45) is 1.63. The molecular formula is C12H13N3O2S3. The fourth-order valence-electron chi connectivity index (χ4n) is 1.68. The van der Waals surface area contributed by atoms with Gasteiger partial charge in [0.25, 0.3) is 0 Å². The number of hydrogen-bond acceptors (Lipinski definition) is 5.